The normalized spacial score (nSPS) is 17.1. The van der Waals surface area contributed by atoms with Gasteiger partial charge in [-0.3, -0.25) is 4.79 Å². The van der Waals surface area contributed by atoms with Crippen molar-refractivity contribution >= 4 is 193 Å². The summed E-state index contributed by atoms with van der Waals surface area (Å²) in [5.41, 5.74) is 11.2. The maximum Gasteiger partial charge on any atom is 0.306 e. The van der Waals surface area contributed by atoms with E-state index in [-0.39, 0.29) is 68.0 Å². The van der Waals surface area contributed by atoms with Crippen LogP contribution in [-0.4, -0.2) is 112 Å². The molecule has 0 spiro atoms. The van der Waals surface area contributed by atoms with Crippen LogP contribution in [0.4, 0.5) is 0 Å². The predicted molar refractivity (Wildman–Crippen MR) is 601 cm³/mol. The Morgan fingerprint density at radius 2 is 0.792 bits per heavy atom. The van der Waals surface area contributed by atoms with Gasteiger partial charge in [0, 0.05) is 82.5 Å². The van der Waals surface area contributed by atoms with Gasteiger partial charge in [-0.2, -0.15) is 17.2 Å². The number of thioether (sulfide) groups is 1. The Balaban J connectivity index is 0.000000167. The van der Waals surface area contributed by atoms with Crippen molar-refractivity contribution in [3.05, 3.63) is 365 Å². The fourth-order valence-electron chi connectivity index (χ4n) is 17.6. The van der Waals surface area contributed by atoms with Crippen LogP contribution in [0.1, 0.15) is 209 Å². The Bertz CT molecular complexity index is 6970. The quantitative estimate of drug-likeness (QED) is 0.0240. The third-order valence-corrected chi connectivity index (χ3v) is 43.5. The summed E-state index contributed by atoms with van der Waals surface area (Å²) in [6.45, 7) is 11.4. The number of hydrogen-bond donors (Lipinski definition) is 1. The predicted octanol–water partition coefficient (Wildman–Crippen LogP) is 29.2. The zero-order chi connectivity index (χ0) is 102. The van der Waals surface area contributed by atoms with E-state index in [4.69, 9.17) is 21.2 Å². The third-order valence-electron chi connectivity index (χ3n) is 25.1. The molecule has 7 heterocycles. The summed E-state index contributed by atoms with van der Waals surface area (Å²) in [4.78, 5) is 18.6. The van der Waals surface area contributed by atoms with E-state index >= 15 is 0 Å². The standard InChI is InChI=1S/C27H37NO4S2.C22H23NO2S3.C21H22N2O4S3.C16H16BrNO2S.C11H14.C6H4BrClO2S.C6H7BrS.ClH/c1-3-5-11-22(4-2)21-32-27(29)17-19-33-24-14-9-15-25(20-24)34(30,31)28-18-10-16-26(28)23-12-7-6-8-13-23;1-2-18-13-14-22(26-18)27-19-10-6-11-20(16-19)28(24,25)23-15-7-12-21(23)17-8-4-3-5-9-17;22-15-17-11-12-21(28-17)29(24,25)18-8-4-9-19(14-18)30(26,27)23-13-5-10-20(23)16-6-2-1-3-7-16;17-14-8-4-9-15(12-14)21(19,20)18-11-5-10-16(18)13-6-2-1-3-7-13;1-2-6-10(7-3-1)11-8-4-5-9-11;7-5-2-1-3-6(4-5)11(8,9)10;1-2-5-3-4-6(7)8-5;/h6-9,12-15,20,22,26H,3-5,10-11,16-19,21H2,1-2H3;3-6,8-11,13-14,16,21H,2,7,12,15H2,1H3;1-4,6-9,11-12,14,20H,5,10,13,15,22H2;1-4,6-9,12,16H,5,10-11H2;1-3,6-7,11H,4-5,8-9H2;1-4H;3-4H,2H2,1H3;1H. The van der Waals surface area contributed by atoms with E-state index in [9.17, 15) is 55.3 Å². The van der Waals surface area contributed by atoms with Crippen molar-refractivity contribution in [2.24, 2.45) is 11.7 Å². The molecule has 144 heavy (non-hydrogen) atoms. The van der Waals surface area contributed by atoms with Crippen molar-refractivity contribution in [1.29, 1.82) is 0 Å². The molecule has 18 rings (SSSR count). The maximum absolute atomic E-state index is 13.4. The van der Waals surface area contributed by atoms with Crippen LogP contribution in [0.3, 0.4) is 0 Å². The van der Waals surface area contributed by atoms with E-state index in [0.29, 0.717) is 70.0 Å². The maximum atomic E-state index is 13.4. The van der Waals surface area contributed by atoms with Gasteiger partial charge in [0.25, 0.3) is 9.05 Å². The zero-order valence-electron chi connectivity index (χ0n) is 80.8. The van der Waals surface area contributed by atoms with Crippen LogP contribution in [0.25, 0.3) is 0 Å². The molecule has 3 aromatic heterocycles. The highest BCUT2D eigenvalue weighted by Crippen LogP contribution is 2.44. The van der Waals surface area contributed by atoms with Gasteiger partial charge in [0.05, 0.1) is 74.6 Å². The number of unbranched alkanes of at least 4 members (excludes halogenated alkanes) is 1. The summed E-state index contributed by atoms with van der Waals surface area (Å²) in [5, 5.41) is 0. The van der Waals surface area contributed by atoms with Crippen molar-refractivity contribution in [1.82, 2.24) is 17.2 Å². The summed E-state index contributed by atoms with van der Waals surface area (Å²) in [6, 6.07) is 94.4. The molecule has 2 N–H and O–H groups in total. The second-order valence-corrected chi connectivity index (χ2v) is 56.3. The first kappa shape index (κ1) is 117. The summed E-state index contributed by atoms with van der Waals surface area (Å²) >= 11 is 17.7. The van der Waals surface area contributed by atoms with E-state index in [1.165, 1.54) is 102 Å². The van der Waals surface area contributed by atoms with Crippen LogP contribution in [0.5, 0.6) is 0 Å². The average molecular weight is 2390 g/mol. The van der Waals surface area contributed by atoms with Crippen molar-refractivity contribution < 1.29 is 60.0 Å². The summed E-state index contributed by atoms with van der Waals surface area (Å²) in [7, 11) is -16.8. The largest absolute Gasteiger partial charge is 0.465 e. The number of ether oxygens (including phenoxy) is 1. The number of sulfonamides is 4. The molecule has 5 atom stereocenters. The minimum Gasteiger partial charge on any atom is -0.465 e. The Morgan fingerprint density at radius 1 is 0.410 bits per heavy atom. The number of halogens is 5. The Morgan fingerprint density at radius 3 is 1.18 bits per heavy atom. The van der Waals surface area contributed by atoms with Crippen molar-refractivity contribution in [2.75, 3.05) is 38.5 Å². The average Bonchev–Trinajstić information content (AvgIpc) is 1.42. The monoisotopic (exact) mass is 2390 g/mol. The van der Waals surface area contributed by atoms with Crippen molar-refractivity contribution in [3.63, 3.8) is 0 Å². The molecule has 19 nitrogen and oxygen atoms in total. The molecule has 5 aliphatic rings. The third kappa shape index (κ3) is 33.2. The van der Waals surface area contributed by atoms with Gasteiger partial charge in [0.1, 0.15) is 4.21 Å². The van der Waals surface area contributed by atoms with Crippen molar-refractivity contribution in [3.8, 4) is 0 Å². The molecule has 0 bridgehead atoms. The highest BCUT2D eigenvalue weighted by molar-refractivity contribution is 9.11. The number of sulfone groups is 1. The molecule has 1 aliphatic carbocycles. The number of nitrogens with zero attached hydrogens (tertiary/aromatic N) is 4. The first-order valence-electron chi connectivity index (χ1n) is 48.2. The van der Waals surface area contributed by atoms with E-state index in [0.717, 1.165) is 149 Å². The van der Waals surface area contributed by atoms with Gasteiger partial charge in [-0.05, 0) is 266 Å². The number of nitrogens with two attached hydrogens (primary N) is 1. The van der Waals surface area contributed by atoms with Gasteiger partial charge in [-0.15, -0.1) is 58.2 Å². The second kappa shape index (κ2) is 57.3. The zero-order valence-corrected chi connectivity index (χ0v) is 96.1. The Labute approximate surface area is 909 Å². The van der Waals surface area contributed by atoms with E-state index in [1.54, 1.807) is 114 Å². The summed E-state index contributed by atoms with van der Waals surface area (Å²) < 4.78 is 170. The Hall–Kier alpha value is -7.01. The summed E-state index contributed by atoms with van der Waals surface area (Å²) in [5.74, 6) is 1.68. The molecular weight excluding hydrogens is 2270 g/mol. The van der Waals surface area contributed by atoms with Crippen LogP contribution < -0.4 is 5.73 Å². The number of esters is 1. The lowest BCUT2D eigenvalue weighted by molar-refractivity contribution is -0.144. The van der Waals surface area contributed by atoms with Crippen LogP contribution in [0.2, 0.25) is 0 Å². The first-order valence-corrected chi connectivity index (χ1v) is 64.3. The van der Waals surface area contributed by atoms with Crippen LogP contribution in [0, 0.1) is 5.92 Å². The molecule has 5 unspecified atom stereocenters. The van der Waals surface area contributed by atoms with E-state index < -0.39 is 59.0 Å². The van der Waals surface area contributed by atoms with E-state index in [1.807, 2.05) is 152 Å². The summed E-state index contributed by atoms with van der Waals surface area (Å²) in [6.07, 6.45) is 19.3. The molecule has 13 aromatic rings. The SMILES string of the molecule is CCCCC(CC)COC(=O)CCSc1cccc(S(=O)(=O)N2CCCC2c2ccccc2)c1.CCc1ccc(Br)s1.CCc1ccc(Sc2cccc(S(=O)(=O)N3CCCC3c3ccccc3)c2)s1.Cl.NCc1ccc(S(=O)(=O)c2cccc(S(=O)(=O)N3CCCC3c3ccccc3)c2)s1.O=S(=O)(Cl)c1cccc(Br)c1.O=S(=O)(c1cccc(Br)c1)N1CCCC1c1ccccc1.c1ccc(C2CCCC2)cc1. The molecule has 1 saturated carbocycles. The van der Waals surface area contributed by atoms with Gasteiger partial charge >= 0.3 is 5.97 Å². The smallest absolute Gasteiger partial charge is 0.306 e. The molecular formula is C109H124Br3Cl2N5O14S11. The van der Waals surface area contributed by atoms with Gasteiger partial charge in [-0.1, -0.05) is 285 Å². The molecule has 0 amide bonds. The van der Waals surface area contributed by atoms with Crippen LogP contribution >= 0.6 is 128 Å². The second-order valence-electron chi connectivity index (χ2n) is 34.8. The lowest BCUT2D eigenvalue weighted by Crippen LogP contribution is -2.30. The molecule has 35 heteroatoms. The highest BCUT2D eigenvalue weighted by atomic mass is 79.9. The van der Waals surface area contributed by atoms with Gasteiger partial charge in [0.2, 0.25) is 49.9 Å². The fraction of sp³-hybridized carbons (Fsp3) is 0.330. The molecule has 4 saturated heterocycles. The van der Waals surface area contributed by atoms with E-state index in [2.05, 4.69) is 130 Å². The number of hydrogen-bond acceptors (Lipinski definition) is 20. The molecule has 10 aromatic carbocycles. The van der Waals surface area contributed by atoms with Gasteiger partial charge in [0.15, 0.2) is 0 Å². The first-order chi connectivity index (χ1) is 68.7. The van der Waals surface area contributed by atoms with Crippen molar-refractivity contribution in [2.45, 2.75) is 234 Å². The minimum absolute atomic E-state index is 0. The van der Waals surface area contributed by atoms with Crippen LogP contribution in [-0.2, 0) is 87.9 Å². The van der Waals surface area contributed by atoms with Crippen LogP contribution in [0.15, 0.2) is 370 Å². The topological polar surface area (TPSA) is 270 Å². The number of rotatable bonds is 31. The number of benzene rings is 10. The number of aryl methyl sites for hydroxylation is 2. The lowest BCUT2D eigenvalue weighted by Gasteiger charge is -2.24. The number of carbonyl (C=O) groups excluding carboxylic acids is 1. The van der Waals surface area contributed by atoms with Gasteiger partial charge in [-0.25, -0.2) is 50.5 Å². The van der Waals surface area contributed by atoms with Gasteiger partial charge < -0.3 is 10.5 Å². The number of carbonyl (C=O) groups is 1. The lowest BCUT2D eigenvalue weighted by atomic mass is 9.98. The molecule has 4 aliphatic heterocycles. The fourth-order valence-corrected chi connectivity index (χ4v) is 33.7. The Kier molecular flexibility index (Phi) is 46.6. The number of thiophene rings is 3. The molecule has 0 radical (unpaired) electrons. The molecule has 770 valence electrons. The molecule has 5 fully saturated rings. The highest BCUT2D eigenvalue weighted by Gasteiger charge is 2.41. The minimum atomic E-state index is -3.85.